The molecule has 1 aromatic carbocycles. The fourth-order valence-corrected chi connectivity index (χ4v) is 2.36. The number of rotatable bonds is 7. The van der Waals surface area contributed by atoms with Crippen molar-refractivity contribution in [3.05, 3.63) is 82.7 Å². The summed E-state index contributed by atoms with van der Waals surface area (Å²) in [4.78, 5) is 18.7. The summed E-state index contributed by atoms with van der Waals surface area (Å²) in [6.07, 6.45) is 0.256. The Morgan fingerprint density at radius 1 is 0.968 bits per heavy atom. The molecule has 0 aliphatic carbocycles. The van der Waals surface area contributed by atoms with Gasteiger partial charge in [0.2, 0.25) is 12.0 Å². The minimum Gasteiger partial charge on any atom is -0.472 e. The number of aromatic nitrogens is 2. The highest BCUT2D eigenvalue weighted by molar-refractivity contribution is 5.36. The van der Waals surface area contributed by atoms with Gasteiger partial charge in [0.05, 0.1) is 16.3 Å². The normalized spacial score (nSPS) is 12.9. The van der Waals surface area contributed by atoms with Crippen LogP contribution in [0, 0.1) is 10.1 Å². The number of hydrogen-bond acceptors (Lipinski definition) is 9. The maximum absolute atomic E-state index is 10.8. The Hall–Kier alpha value is -4.08. The Kier molecular flexibility index (Phi) is 6.71. The molecule has 31 heavy (non-hydrogen) atoms. The molecule has 0 saturated heterocycles. The van der Waals surface area contributed by atoms with Crippen LogP contribution in [0.25, 0.3) is 0 Å². The van der Waals surface area contributed by atoms with Gasteiger partial charge in [0.1, 0.15) is 11.8 Å². The molecule has 1 atom stereocenters. The molecule has 3 rings (SSSR count). The molecular weight excluding hydrogens is 398 g/mol. The standard InChI is InChI=1S/C21H21N7O3/c1-21(2,3)31-19-11-7-10-17(23-19)20(26-24-15-8-5-4-6-9-15)27-25-18-13-12-16(14-22-18)28(29)30/h4-14,20H,1-3H3. The number of benzene rings is 1. The number of ether oxygens (including phenoxy) is 1. The third-order valence-corrected chi connectivity index (χ3v) is 3.67. The summed E-state index contributed by atoms with van der Waals surface area (Å²) in [5, 5.41) is 27.5. The highest BCUT2D eigenvalue weighted by Gasteiger charge is 2.16. The van der Waals surface area contributed by atoms with Crippen molar-refractivity contribution in [1.29, 1.82) is 0 Å². The summed E-state index contributed by atoms with van der Waals surface area (Å²) in [6.45, 7) is 5.77. The lowest BCUT2D eigenvalue weighted by Crippen LogP contribution is -2.23. The number of pyridine rings is 2. The van der Waals surface area contributed by atoms with Crippen LogP contribution in [0.4, 0.5) is 17.2 Å². The van der Waals surface area contributed by atoms with Gasteiger partial charge in [0.25, 0.3) is 5.69 Å². The van der Waals surface area contributed by atoms with E-state index in [0.717, 1.165) is 6.20 Å². The van der Waals surface area contributed by atoms with Crippen molar-refractivity contribution < 1.29 is 9.66 Å². The second kappa shape index (κ2) is 9.61. The molecule has 10 heteroatoms. The Bertz CT molecular complexity index is 1080. The lowest BCUT2D eigenvalue weighted by atomic mass is 10.2. The van der Waals surface area contributed by atoms with E-state index >= 15 is 0 Å². The summed E-state index contributed by atoms with van der Waals surface area (Å²) in [5.74, 6) is 0.626. The van der Waals surface area contributed by atoms with Crippen LogP contribution in [0.3, 0.4) is 0 Å². The molecule has 0 amide bonds. The van der Waals surface area contributed by atoms with Gasteiger partial charge in [-0.25, -0.2) is 9.97 Å². The first-order chi connectivity index (χ1) is 14.8. The third-order valence-electron chi connectivity index (χ3n) is 3.67. The molecule has 0 aliphatic heterocycles. The van der Waals surface area contributed by atoms with E-state index in [1.54, 1.807) is 18.2 Å². The minimum atomic E-state index is -0.860. The maximum Gasteiger partial charge on any atom is 0.287 e. The van der Waals surface area contributed by atoms with E-state index < -0.39 is 16.7 Å². The highest BCUT2D eigenvalue weighted by Crippen LogP contribution is 2.26. The van der Waals surface area contributed by atoms with Crippen molar-refractivity contribution in [2.45, 2.75) is 32.5 Å². The molecule has 2 aromatic heterocycles. The summed E-state index contributed by atoms with van der Waals surface area (Å²) in [5.41, 5.74) is 0.579. The molecule has 0 radical (unpaired) electrons. The Balaban J connectivity index is 1.90. The third kappa shape index (κ3) is 6.74. The van der Waals surface area contributed by atoms with E-state index in [2.05, 4.69) is 30.4 Å². The molecule has 0 aliphatic rings. The van der Waals surface area contributed by atoms with Crippen LogP contribution in [0.2, 0.25) is 0 Å². The molecule has 2 heterocycles. The van der Waals surface area contributed by atoms with Crippen molar-refractivity contribution in [3.8, 4) is 5.88 Å². The molecule has 0 N–H and O–H groups in total. The lowest BCUT2D eigenvalue weighted by molar-refractivity contribution is -0.385. The van der Waals surface area contributed by atoms with Gasteiger partial charge in [0.15, 0.2) is 5.82 Å². The minimum absolute atomic E-state index is 0.132. The van der Waals surface area contributed by atoms with Gasteiger partial charge in [-0.15, -0.1) is 5.11 Å². The van der Waals surface area contributed by atoms with Crippen LogP contribution in [-0.2, 0) is 0 Å². The average Bonchev–Trinajstić information content (AvgIpc) is 2.74. The molecule has 0 saturated carbocycles. The van der Waals surface area contributed by atoms with Crippen LogP contribution >= 0.6 is 0 Å². The fraction of sp³-hybridized carbons (Fsp3) is 0.238. The van der Waals surface area contributed by atoms with Crippen molar-refractivity contribution in [2.75, 3.05) is 0 Å². The summed E-state index contributed by atoms with van der Waals surface area (Å²) >= 11 is 0. The van der Waals surface area contributed by atoms with Crippen molar-refractivity contribution in [3.63, 3.8) is 0 Å². The van der Waals surface area contributed by atoms with E-state index in [1.807, 2.05) is 51.1 Å². The molecule has 1 unspecified atom stereocenters. The predicted molar refractivity (Wildman–Crippen MR) is 114 cm³/mol. The summed E-state index contributed by atoms with van der Waals surface area (Å²) < 4.78 is 5.82. The zero-order valence-corrected chi connectivity index (χ0v) is 17.3. The van der Waals surface area contributed by atoms with Gasteiger partial charge >= 0.3 is 0 Å². The van der Waals surface area contributed by atoms with Gasteiger partial charge < -0.3 is 4.74 Å². The van der Waals surface area contributed by atoms with Crippen LogP contribution < -0.4 is 4.74 Å². The fourth-order valence-electron chi connectivity index (χ4n) is 2.36. The number of hydrogen-bond donors (Lipinski definition) is 0. The smallest absolute Gasteiger partial charge is 0.287 e. The molecule has 0 spiro atoms. The number of azo groups is 2. The monoisotopic (exact) mass is 419 g/mol. The van der Waals surface area contributed by atoms with Gasteiger partial charge in [-0.1, -0.05) is 24.3 Å². The van der Waals surface area contributed by atoms with Crippen LogP contribution in [0.15, 0.2) is 87.3 Å². The predicted octanol–water partition coefficient (Wildman–Crippen LogP) is 6.13. The van der Waals surface area contributed by atoms with Crippen molar-refractivity contribution >= 4 is 17.2 Å². The molecule has 3 aromatic rings. The van der Waals surface area contributed by atoms with Crippen LogP contribution in [0.5, 0.6) is 5.88 Å². The summed E-state index contributed by atoms with van der Waals surface area (Å²) in [6, 6.07) is 17.2. The highest BCUT2D eigenvalue weighted by atomic mass is 16.6. The van der Waals surface area contributed by atoms with E-state index in [4.69, 9.17) is 4.74 Å². The van der Waals surface area contributed by atoms with E-state index in [-0.39, 0.29) is 11.5 Å². The molecule has 10 nitrogen and oxygen atoms in total. The van der Waals surface area contributed by atoms with E-state index in [1.165, 1.54) is 12.1 Å². The van der Waals surface area contributed by atoms with Crippen molar-refractivity contribution in [1.82, 2.24) is 9.97 Å². The topological polar surface area (TPSA) is 128 Å². The Morgan fingerprint density at radius 3 is 2.35 bits per heavy atom. The number of nitro groups is 1. The Morgan fingerprint density at radius 2 is 1.71 bits per heavy atom. The first-order valence-corrected chi connectivity index (χ1v) is 9.43. The van der Waals surface area contributed by atoms with Gasteiger partial charge in [-0.05, 0) is 45.0 Å². The SMILES string of the molecule is CC(C)(C)Oc1cccc(C(N=Nc2ccccc2)N=Nc2ccc([N+](=O)[O-])cn2)n1. The Labute approximate surface area is 178 Å². The second-order valence-electron chi connectivity index (χ2n) is 7.39. The second-order valence-corrected chi connectivity index (χ2v) is 7.39. The van der Waals surface area contributed by atoms with E-state index in [0.29, 0.717) is 17.3 Å². The lowest BCUT2D eigenvalue weighted by Gasteiger charge is -2.20. The van der Waals surface area contributed by atoms with E-state index in [9.17, 15) is 10.1 Å². The largest absolute Gasteiger partial charge is 0.472 e. The van der Waals surface area contributed by atoms with Crippen LogP contribution in [-0.4, -0.2) is 20.5 Å². The zero-order chi connectivity index (χ0) is 22.3. The maximum atomic E-state index is 10.8. The van der Waals surface area contributed by atoms with Crippen molar-refractivity contribution in [2.24, 2.45) is 20.5 Å². The first-order valence-electron chi connectivity index (χ1n) is 9.43. The summed E-state index contributed by atoms with van der Waals surface area (Å²) in [7, 11) is 0. The zero-order valence-electron chi connectivity index (χ0n) is 17.3. The average molecular weight is 419 g/mol. The molecular formula is C21H21N7O3. The molecule has 0 bridgehead atoms. The van der Waals surface area contributed by atoms with Gasteiger partial charge in [-0.3, -0.25) is 10.1 Å². The quantitative estimate of drug-likeness (QED) is 0.258. The number of nitrogens with zero attached hydrogens (tertiary/aromatic N) is 7. The molecule has 0 fully saturated rings. The van der Waals surface area contributed by atoms with Gasteiger partial charge in [-0.2, -0.15) is 15.3 Å². The van der Waals surface area contributed by atoms with Gasteiger partial charge in [0, 0.05) is 12.1 Å². The molecule has 158 valence electrons. The first kappa shape index (κ1) is 21.6. The van der Waals surface area contributed by atoms with Crippen LogP contribution in [0.1, 0.15) is 32.6 Å².